The lowest BCUT2D eigenvalue weighted by Gasteiger charge is -2.27. The van der Waals surface area contributed by atoms with E-state index in [0.29, 0.717) is 0 Å². The van der Waals surface area contributed by atoms with Gasteiger partial charge in [-0.25, -0.2) is 0 Å². The summed E-state index contributed by atoms with van der Waals surface area (Å²) in [6.45, 7) is 2.88. The Kier molecular flexibility index (Phi) is 7.16. The molecule has 0 spiro atoms. The van der Waals surface area contributed by atoms with Gasteiger partial charge < -0.3 is 25.2 Å². The largest absolute Gasteiger partial charge is 0.394 e. The molecular formula is C9H18O5S. The molecule has 0 rings (SSSR count). The predicted molar refractivity (Wildman–Crippen MR) is 58.8 cm³/mol. The standard InChI is InChI=1S/C9H18O5S/c1-5(2)14-7(4-15)9(13)8(12)6(11)3-10/h4-13H,3H2,1-2H3/t6-,7+,8+,9-/m1/s1. The maximum absolute atomic E-state index is 9.58. The Labute approximate surface area is 94.3 Å². The van der Waals surface area contributed by atoms with E-state index < -0.39 is 31.0 Å². The zero-order valence-electron chi connectivity index (χ0n) is 8.78. The van der Waals surface area contributed by atoms with Gasteiger partial charge in [-0.2, -0.15) is 0 Å². The quantitative estimate of drug-likeness (QED) is 0.419. The molecule has 0 aromatic rings. The van der Waals surface area contributed by atoms with Crippen LogP contribution in [0.4, 0.5) is 0 Å². The average molecular weight is 238 g/mol. The van der Waals surface area contributed by atoms with Crippen molar-refractivity contribution in [3.05, 3.63) is 0 Å². The molecule has 0 saturated heterocycles. The second-order valence-corrected chi connectivity index (χ2v) is 3.79. The number of hydrogen-bond acceptors (Lipinski definition) is 6. The highest BCUT2D eigenvalue weighted by molar-refractivity contribution is 7.79. The van der Waals surface area contributed by atoms with E-state index in [-0.39, 0.29) is 6.10 Å². The lowest BCUT2D eigenvalue weighted by molar-refractivity contribution is -0.120. The van der Waals surface area contributed by atoms with E-state index in [4.69, 9.17) is 14.9 Å². The summed E-state index contributed by atoms with van der Waals surface area (Å²) < 4.78 is 5.21. The van der Waals surface area contributed by atoms with Crippen LogP contribution in [0.25, 0.3) is 0 Å². The average Bonchev–Trinajstić information content (AvgIpc) is 2.22. The van der Waals surface area contributed by atoms with Gasteiger partial charge in [-0.15, -0.1) is 0 Å². The molecule has 0 aliphatic heterocycles. The summed E-state index contributed by atoms with van der Waals surface area (Å²) in [6, 6.07) is 0. The van der Waals surface area contributed by atoms with E-state index in [1.165, 1.54) is 5.37 Å². The maximum atomic E-state index is 9.58. The van der Waals surface area contributed by atoms with Crippen LogP contribution in [0.3, 0.4) is 0 Å². The van der Waals surface area contributed by atoms with Gasteiger partial charge in [0.25, 0.3) is 0 Å². The van der Waals surface area contributed by atoms with Crippen molar-refractivity contribution < 1.29 is 25.2 Å². The van der Waals surface area contributed by atoms with Crippen LogP contribution in [0.5, 0.6) is 0 Å². The van der Waals surface area contributed by atoms with Gasteiger partial charge in [0.2, 0.25) is 0 Å². The molecule has 0 aromatic heterocycles. The summed E-state index contributed by atoms with van der Waals surface area (Å²) in [6.07, 6.45) is -5.27. The molecule has 0 aliphatic rings. The van der Waals surface area contributed by atoms with Crippen LogP contribution in [0, 0.1) is 0 Å². The van der Waals surface area contributed by atoms with Crippen molar-refractivity contribution in [2.45, 2.75) is 44.4 Å². The normalized spacial score (nSPS) is 19.7. The second kappa shape index (κ2) is 7.21. The molecule has 90 valence electrons. The van der Waals surface area contributed by atoms with E-state index in [9.17, 15) is 10.2 Å². The summed E-state index contributed by atoms with van der Waals surface area (Å²) >= 11 is 4.64. The van der Waals surface area contributed by atoms with E-state index in [1.807, 2.05) is 0 Å². The molecular weight excluding hydrogens is 220 g/mol. The van der Waals surface area contributed by atoms with E-state index in [2.05, 4.69) is 12.2 Å². The number of thiocarbonyl (C=S) groups is 1. The van der Waals surface area contributed by atoms with Gasteiger partial charge in [-0.1, -0.05) is 12.2 Å². The Morgan fingerprint density at radius 3 is 2.07 bits per heavy atom. The molecule has 5 nitrogen and oxygen atoms in total. The van der Waals surface area contributed by atoms with Gasteiger partial charge in [0.1, 0.15) is 24.4 Å². The molecule has 0 saturated carbocycles. The maximum Gasteiger partial charge on any atom is 0.115 e. The third kappa shape index (κ3) is 4.96. The molecule has 0 fully saturated rings. The molecule has 6 heteroatoms. The first-order valence-corrected chi connectivity index (χ1v) is 5.17. The minimum absolute atomic E-state index is 0.165. The highest BCUT2D eigenvalue weighted by atomic mass is 32.1. The highest BCUT2D eigenvalue weighted by Gasteiger charge is 2.30. The summed E-state index contributed by atoms with van der Waals surface area (Å²) in [4.78, 5) is 0. The second-order valence-electron chi connectivity index (χ2n) is 3.52. The van der Waals surface area contributed by atoms with Gasteiger partial charge in [-0.05, 0) is 13.8 Å². The zero-order chi connectivity index (χ0) is 12.0. The number of aliphatic hydroxyl groups is 4. The molecule has 0 aromatic carbocycles. The van der Waals surface area contributed by atoms with Crippen LogP contribution in [0.2, 0.25) is 0 Å². The minimum atomic E-state index is -1.49. The van der Waals surface area contributed by atoms with Gasteiger partial charge in [0.05, 0.1) is 12.7 Å². The first kappa shape index (κ1) is 14.9. The van der Waals surface area contributed by atoms with E-state index >= 15 is 0 Å². The fourth-order valence-electron chi connectivity index (χ4n) is 1.04. The SMILES string of the molecule is CC(C)O[C@@H](C=S)[C@@H](O)[C@@H](O)[C@H](O)CO. The molecule has 4 atom stereocenters. The Morgan fingerprint density at radius 2 is 1.73 bits per heavy atom. The van der Waals surface area contributed by atoms with Crippen molar-refractivity contribution >= 4 is 17.6 Å². The van der Waals surface area contributed by atoms with Crippen molar-refractivity contribution in [3.8, 4) is 0 Å². The zero-order valence-corrected chi connectivity index (χ0v) is 9.59. The Bertz CT molecular complexity index is 187. The van der Waals surface area contributed by atoms with Crippen LogP contribution in [-0.4, -0.2) is 62.9 Å². The molecule has 0 aliphatic carbocycles. The van der Waals surface area contributed by atoms with Gasteiger partial charge in [-0.3, -0.25) is 0 Å². The highest BCUT2D eigenvalue weighted by Crippen LogP contribution is 2.09. The van der Waals surface area contributed by atoms with E-state index in [0.717, 1.165) is 0 Å². The smallest absolute Gasteiger partial charge is 0.115 e. The third-order valence-electron chi connectivity index (χ3n) is 1.83. The number of hydrogen-bond donors (Lipinski definition) is 4. The van der Waals surface area contributed by atoms with Crippen LogP contribution in [0.15, 0.2) is 0 Å². The molecule has 4 N–H and O–H groups in total. The molecule has 0 amide bonds. The Hall–Kier alpha value is -0.110. The lowest BCUT2D eigenvalue weighted by Crippen LogP contribution is -2.47. The topological polar surface area (TPSA) is 90.2 Å². The van der Waals surface area contributed by atoms with Crippen LogP contribution in [0.1, 0.15) is 13.8 Å². The van der Waals surface area contributed by atoms with Gasteiger partial charge in [0, 0.05) is 5.37 Å². The molecule has 0 unspecified atom stereocenters. The first-order valence-electron chi connectivity index (χ1n) is 4.69. The Morgan fingerprint density at radius 1 is 1.20 bits per heavy atom. The lowest BCUT2D eigenvalue weighted by atomic mass is 10.0. The van der Waals surface area contributed by atoms with E-state index in [1.54, 1.807) is 13.8 Å². The van der Waals surface area contributed by atoms with Crippen molar-refractivity contribution in [2.75, 3.05) is 6.61 Å². The number of aliphatic hydroxyl groups excluding tert-OH is 4. The molecule has 0 bridgehead atoms. The molecule has 0 radical (unpaired) electrons. The summed E-state index contributed by atoms with van der Waals surface area (Å²) in [5.74, 6) is 0. The third-order valence-corrected chi connectivity index (χ3v) is 2.10. The minimum Gasteiger partial charge on any atom is -0.394 e. The summed E-state index contributed by atoms with van der Waals surface area (Å²) in [5, 5.41) is 37.9. The predicted octanol–water partition coefficient (Wildman–Crippen LogP) is -1.15. The summed E-state index contributed by atoms with van der Waals surface area (Å²) in [5.41, 5.74) is 0. The van der Waals surface area contributed by atoms with Crippen LogP contribution in [-0.2, 0) is 4.74 Å². The van der Waals surface area contributed by atoms with Crippen LogP contribution >= 0.6 is 12.2 Å². The van der Waals surface area contributed by atoms with Crippen molar-refractivity contribution in [1.29, 1.82) is 0 Å². The van der Waals surface area contributed by atoms with Gasteiger partial charge in [0.15, 0.2) is 0 Å². The summed E-state index contributed by atoms with van der Waals surface area (Å²) in [7, 11) is 0. The molecule has 0 heterocycles. The van der Waals surface area contributed by atoms with Crippen molar-refractivity contribution in [3.63, 3.8) is 0 Å². The fourth-order valence-corrected chi connectivity index (χ4v) is 1.26. The Balaban J connectivity index is 4.36. The number of rotatable bonds is 7. The number of ether oxygens (including phenoxy) is 1. The fraction of sp³-hybridized carbons (Fsp3) is 0.889. The molecule has 15 heavy (non-hydrogen) atoms. The van der Waals surface area contributed by atoms with Crippen molar-refractivity contribution in [1.82, 2.24) is 0 Å². The monoisotopic (exact) mass is 238 g/mol. The van der Waals surface area contributed by atoms with Crippen molar-refractivity contribution in [2.24, 2.45) is 0 Å². The first-order chi connectivity index (χ1) is 6.93. The van der Waals surface area contributed by atoms with Gasteiger partial charge >= 0.3 is 0 Å². The van der Waals surface area contributed by atoms with Crippen LogP contribution < -0.4 is 0 Å².